The number of nitrogens with zero attached hydrogens (tertiary/aromatic N) is 7. The van der Waals surface area contributed by atoms with Gasteiger partial charge in [0.25, 0.3) is 0 Å². The lowest BCUT2D eigenvalue weighted by molar-refractivity contribution is 0.186. The summed E-state index contributed by atoms with van der Waals surface area (Å²) >= 11 is 0. The van der Waals surface area contributed by atoms with Gasteiger partial charge in [-0.05, 0) is 43.0 Å². The fourth-order valence-corrected chi connectivity index (χ4v) is 3.65. The van der Waals surface area contributed by atoms with E-state index >= 15 is 0 Å². The number of aromatic nitrogens is 6. The van der Waals surface area contributed by atoms with Crippen LogP contribution in [0.1, 0.15) is 62.1 Å². The van der Waals surface area contributed by atoms with E-state index in [1.54, 1.807) is 0 Å². The van der Waals surface area contributed by atoms with Crippen LogP contribution in [0.5, 0.6) is 0 Å². The molecule has 5 rings (SSSR count). The number of piperazine rings is 1. The summed E-state index contributed by atoms with van der Waals surface area (Å²) in [6.07, 6.45) is 5.04. The van der Waals surface area contributed by atoms with Crippen molar-refractivity contribution in [2.75, 3.05) is 31.1 Å². The third kappa shape index (κ3) is 2.58. The molecule has 8 nitrogen and oxygen atoms in total. The predicted octanol–water partition coefficient (Wildman–Crippen LogP) is 1.49. The van der Waals surface area contributed by atoms with Gasteiger partial charge in [-0.25, -0.2) is 4.68 Å². The molecule has 0 unspecified atom stereocenters. The third-order valence-corrected chi connectivity index (χ3v) is 5.57. The number of nitrogens with one attached hydrogen (secondary N) is 1. The minimum Gasteiger partial charge on any atom is -0.353 e. The van der Waals surface area contributed by atoms with Gasteiger partial charge in [-0.2, -0.15) is 5.10 Å². The zero-order valence-corrected chi connectivity index (χ0v) is 14.1. The highest BCUT2D eigenvalue weighted by molar-refractivity contribution is 5.41. The first-order valence-corrected chi connectivity index (χ1v) is 9.11. The zero-order chi connectivity index (χ0) is 16.1. The summed E-state index contributed by atoms with van der Waals surface area (Å²) in [6.45, 7) is 6.27. The van der Waals surface area contributed by atoms with Gasteiger partial charge >= 0.3 is 0 Å². The van der Waals surface area contributed by atoms with Gasteiger partial charge in [-0.1, -0.05) is 0 Å². The fourth-order valence-electron chi connectivity index (χ4n) is 3.65. The summed E-state index contributed by atoms with van der Waals surface area (Å²) < 4.78 is 2.03. The van der Waals surface area contributed by atoms with Crippen LogP contribution in [0, 0.1) is 0 Å². The van der Waals surface area contributed by atoms with E-state index in [9.17, 15) is 0 Å². The van der Waals surface area contributed by atoms with Gasteiger partial charge in [0.15, 0.2) is 11.6 Å². The van der Waals surface area contributed by atoms with Gasteiger partial charge in [-0.3, -0.25) is 10.00 Å². The van der Waals surface area contributed by atoms with Crippen LogP contribution < -0.4 is 4.90 Å². The van der Waals surface area contributed by atoms with Crippen molar-refractivity contribution in [2.45, 2.75) is 50.6 Å². The van der Waals surface area contributed by atoms with Crippen LogP contribution in [0.2, 0.25) is 0 Å². The molecular formula is C16H24N8. The molecule has 24 heavy (non-hydrogen) atoms. The van der Waals surface area contributed by atoms with Crippen LogP contribution in [-0.2, 0) is 0 Å². The molecule has 2 saturated carbocycles. The molecule has 1 saturated heterocycles. The number of rotatable bonds is 5. The lowest BCUT2D eigenvalue weighted by Gasteiger charge is -2.37. The van der Waals surface area contributed by atoms with E-state index in [0.29, 0.717) is 6.04 Å². The van der Waals surface area contributed by atoms with Crippen molar-refractivity contribution in [2.24, 2.45) is 0 Å². The van der Waals surface area contributed by atoms with E-state index in [4.69, 9.17) is 0 Å². The van der Waals surface area contributed by atoms with Crippen LogP contribution in [-0.4, -0.2) is 61.5 Å². The molecule has 1 atom stereocenters. The van der Waals surface area contributed by atoms with Gasteiger partial charge in [0.05, 0.1) is 12.1 Å². The molecule has 128 valence electrons. The predicted molar refractivity (Wildman–Crippen MR) is 88.9 cm³/mol. The molecule has 3 aliphatic rings. The molecular weight excluding hydrogens is 304 g/mol. The molecule has 2 aromatic heterocycles. The van der Waals surface area contributed by atoms with Crippen LogP contribution in [0.25, 0.3) is 0 Å². The molecule has 2 aliphatic carbocycles. The highest BCUT2D eigenvalue weighted by Gasteiger charge is 2.33. The molecule has 0 radical (unpaired) electrons. The average Bonchev–Trinajstić information content (AvgIpc) is 3.55. The number of aromatic amines is 1. The van der Waals surface area contributed by atoms with Crippen LogP contribution in [0.15, 0.2) is 6.07 Å². The molecule has 1 aliphatic heterocycles. The summed E-state index contributed by atoms with van der Waals surface area (Å²) in [5.74, 6) is 2.85. The quantitative estimate of drug-likeness (QED) is 0.896. The molecule has 0 bridgehead atoms. The third-order valence-electron chi connectivity index (χ3n) is 5.57. The van der Waals surface area contributed by atoms with Gasteiger partial charge in [0.1, 0.15) is 0 Å². The van der Waals surface area contributed by atoms with Gasteiger partial charge in [0.2, 0.25) is 0 Å². The number of anilines is 1. The van der Waals surface area contributed by atoms with Gasteiger partial charge in [0, 0.05) is 43.9 Å². The van der Waals surface area contributed by atoms with Crippen molar-refractivity contribution in [3.63, 3.8) is 0 Å². The minimum atomic E-state index is 0.268. The highest BCUT2D eigenvalue weighted by atomic mass is 15.6. The lowest BCUT2D eigenvalue weighted by atomic mass is 10.2. The van der Waals surface area contributed by atoms with Gasteiger partial charge < -0.3 is 4.90 Å². The maximum atomic E-state index is 4.51. The number of hydrogen-bond donors (Lipinski definition) is 1. The molecule has 1 N–H and O–H groups in total. The Morgan fingerprint density at radius 3 is 2.62 bits per heavy atom. The summed E-state index contributed by atoms with van der Waals surface area (Å²) in [6, 6.07) is 3.04. The van der Waals surface area contributed by atoms with Crippen LogP contribution in [0.4, 0.5) is 5.82 Å². The topological polar surface area (TPSA) is 78.8 Å². The normalized spacial score (nSPS) is 23.6. The zero-order valence-electron chi connectivity index (χ0n) is 14.1. The molecule has 3 heterocycles. The Morgan fingerprint density at radius 1 is 1.12 bits per heavy atom. The van der Waals surface area contributed by atoms with E-state index in [-0.39, 0.29) is 6.04 Å². The summed E-state index contributed by atoms with van der Waals surface area (Å²) in [7, 11) is 0. The van der Waals surface area contributed by atoms with Crippen LogP contribution >= 0.6 is 0 Å². The molecule has 8 heteroatoms. The Kier molecular flexibility index (Phi) is 3.32. The van der Waals surface area contributed by atoms with Gasteiger partial charge in [-0.15, -0.1) is 5.10 Å². The maximum absolute atomic E-state index is 4.51. The first-order chi connectivity index (χ1) is 11.8. The number of H-pyrrole nitrogens is 1. The van der Waals surface area contributed by atoms with E-state index in [1.165, 1.54) is 31.4 Å². The summed E-state index contributed by atoms with van der Waals surface area (Å²) in [4.78, 5) is 4.87. The lowest BCUT2D eigenvalue weighted by Crippen LogP contribution is -2.47. The van der Waals surface area contributed by atoms with Crippen molar-refractivity contribution in [3.8, 4) is 0 Å². The fraction of sp³-hybridized carbons (Fsp3) is 0.750. The first kappa shape index (κ1) is 14.4. The SMILES string of the molecule is C[C@H](c1nnnn1C1CC1)N1CCN(c2cc(C3CC3)[nH]n2)CC1. The largest absolute Gasteiger partial charge is 0.353 e. The van der Waals surface area contributed by atoms with Crippen molar-refractivity contribution in [3.05, 3.63) is 17.6 Å². The van der Waals surface area contributed by atoms with Crippen LogP contribution in [0.3, 0.4) is 0 Å². The Balaban J connectivity index is 1.23. The Morgan fingerprint density at radius 2 is 1.92 bits per heavy atom. The van der Waals surface area contributed by atoms with E-state index in [0.717, 1.165) is 43.7 Å². The van der Waals surface area contributed by atoms with Crippen molar-refractivity contribution < 1.29 is 0 Å². The monoisotopic (exact) mass is 328 g/mol. The maximum Gasteiger partial charge on any atom is 0.168 e. The summed E-state index contributed by atoms with van der Waals surface area (Å²) in [5.41, 5.74) is 1.31. The van der Waals surface area contributed by atoms with Crippen molar-refractivity contribution in [1.29, 1.82) is 0 Å². The standard InChI is InChI=1S/C16H24N8/c1-11(16-19-20-21-24(16)13-4-5-13)22-6-8-23(9-7-22)15-10-14(17-18-15)12-2-3-12/h10-13H,2-9H2,1H3,(H,17,18)/t11-/m1/s1. The van der Waals surface area contributed by atoms with Crippen molar-refractivity contribution in [1.82, 2.24) is 35.3 Å². The number of hydrogen-bond acceptors (Lipinski definition) is 6. The second-order valence-corrected chi connectivity index (χ2v) is 7.37. The Labute approximate surface area is 141 Å². The summed E-state index contributed by atoms with van der Waals surface area (Å²) in [5, 5.41) is 20.1. The Hall–Kier alpha value is -1.96. The van der Waals surface area contributed by atoms with Crippen molar-refractivity contribution >= 4 is 5.82 Å². The van der Waals surface area contributed by atoms with E-state index < -0.39 is 0 Å². The smallest absolute Gasteiger partial charge is 0.168 e. The Bertz CT molecular complexity index is 705. The first-order valence-electron chi connectivity index (χ1n) is 9.11. The average molecular weight is 328 g/mol. The number of tetrazole rings is 1. The highest BCUT2D eigenvalue weighted by Crippen LogP contribution is 2.40. The molecule has 2 aromatic rings. The molecule has 0 amide bonds. The molecule has 0 aromatic carbocycles. The minimum absolute atomic E-state index is 0.268. The molecule has 0 spiro atoms. The second-order valence-electron chi connectivity index (χ2n) is 7.37. The van der Waals surface area contributed by atoms with E-state index in [2.05, 4.69) is 48.5 Å². The molecule has 3 fully saturated rings. The second kappa shape index (κ2) is 5.54. The van der Waals surface area contributed by atoms with E-state index in [1.807, 2.05) is 4.68 Å².